The van der Waals surface area contributed by atoms with Crippen molar-refractivity contribution in [1.82, 2.24) is 0 Å². The van der Waals surface area contributed by atoms with Gasteiger partial charge in [0, 0.05) is 11.4 Å². The topological polar surface area (TPSA) is 109 Å². The number of nitrogens with zero attached hydrogens (tertiary/aromatic N) is 2. The zero-order chi connectivity index (χ0) is 21.5. The highest BCUT2D eigenvalue weighted by Gasteiger charge is 2.22. The minimum Gasteiger partial charge on any atom is -0.495 e. The van der Waals surface area contributed by atoms with Gasteiger partial charge in [-0.15, -0.1) is 11.8 Å². The highest BCUT2D eigenvalue weighted by atomic mass is 32.2. The summed E-state index contributed by atoms with van der Waals surface area (Å²) < 4.78 is 10.5. The highest BCUT2D eigenvalue weighted by Crippen LogP contribution is 2.32. The third kappa shape index (κ3) is 4.90. The number of para-hydroxylation sites is 2. The maximum atomic E-state index is 12.8. The van der Waals surface area contributed by atoms with Gasteiger partial charge < -0.3 is 19.7 Å². The van der Waals surface area contributed by atoms with Crippen LogP contribution in [0.1, 0.15) is 16.8 Å². The summed E-state index contributed by atoms with van der Waals surface area (Å²) in [7, 11) is 1.49. The van der Waals surface area contributed by atoms with Gasteiger partial charge in [-0.1, -0.05) is 12.1 Å². The van der Waals surface area contributed by atoms with Crippen molar-refractivity contribution in [2.75, 3.05) is 36.2 Å². The second-order valence-electron chi connectivity index (χ2n) is 6.25. The fourth-order valence-electron chi connectivity index (χ4n) is 2.89. The number of fused-ring (bicyclic) bond motifs is 1. The summed E-state index contributed by atoms with van der Waals surface area (Å²) in [5.74, 6) is -0.510. The highest BCUT2D eigenvalue weighted by molar-refractivity contribution is 8.00. The van der Waals surface area contributed by atoms with E-state index in [4.69, 9.17) is 14.7 Å². The standard InChI is InChI=1S/C21H19N3O5S/c1-28-17-6-3-2-5-16(17)24(10-4-9-22)20(26)12-29-21(27)14-7-8-18-15(11-14)23-19(25)13-30-18/h2-3,5-8,11H,4,10,12-13H2,1H3,(H,23,25). The molecule has 0 atom stereocenters. The maximum Gasteiger partial charge on any atom is 0.338 e. The molecule has 30 heavy (non-hydrogen) atoms. The summed E-state index contributed by atoms with van der Waals surface area (Å²) in [6, 6.07) is 13.8. The number of benzene rings is 2. The van der Waals surface area contributed by atoms with Crippen molar-refractivity contribution in [1.29, 1.82) is 5.26 Å². The van der Waals surface area contributed by atoms with E-state index in [0.717, 1.165) is 4.90 Å². The van der Waals surface area contributed by atoms with Gasteiger partial charge in [0.2, 0.25) is 5.91 Å². The van der Waals surface area contributed by atoms with E-state index in [-0.39, 0.29) is 24.4 Å². The minimum absolute atomic E-state index is 0.111. The number of nitriles is 1. The average molecular weight is 425 g/mol. The van der Waals surface area contributed by atoms with Crippen LogP contribution in [0.3, 0.4) is 0 Å². The number of nitrogens with one attached hydrogen (secondary N) is 1. The van der Waals surface area contributed by atoms with E-state index in [0.29, 0.717) is 22.9 Å². The van der Waals surface area contributed by atoms with Gasteiger partial charge >= 0.3 is 5.97 Å². The number of ether oxygens (including phenoxy) is 2. The third-order valence-electron chi connectivity index (χ3n) is 4.30. The summed E-state index contributed by atoms with van der Waals surface area (Å²) in [4.78, 5) is 38.9. The number of amides is 2. The van der Waals surface area contributed by atoms with E-state index < -0.39 is 18.5 Å². The van der Waals surface area contributed by atoms with Crippen molar-refractivity contribution >= 4 is 40.9 Å². The number of rotatable bonds is 7. The lowest BCUT2D eigenvalue weighted by molar-refractivity contribution is -0.121. The van der Waals surface area contributed by atoms with E-state index >= 15 is 0 Å². The van der Waals surface area contributed by atoms with Crippen molar-refractivity contribution in [2.24, 2.45) is 0 Å². The third-order valence-corrected chi connectivity index (χ3v) is 5.37. The Kier molecular flexibility index (Phi) is 6.93. The lowest BCUT2D eigenvalue weighted by Gasteiger charge is -2.23. The van der Waals surface area contributed by atoms with Crippen LogP contribution in [0.5, 0.6) is 5.75 Å². The number of carbonyl (C=O) groups is 3. The molecule has 0 saturated carbocycles. The van der Waals surface area contributed by atoms with E-state index in [1.54, 1.807) is 36.4 Å². The number of methoxy groups -OCH3 is 1. The Hall–Kier alpha value is -3.51. The van der Waals surface area contributed by atoms with Crippen LogP contribution in [0.2, 0.25) is 0 Å². The van der Waals surface area contributed by atoms with Crippen molar-refractivity contribution < 1.29 is 23.9 Å². The molecule has 0 aromatic heterocycles. The molecule has 1 N–H and O–H groups in total. The van der Waals surface area contributed by atoms with Crippen LogP contribution < -0.4 is 15.0 Å². The first-order valence-corrected chi connectivity index (χ1v) is 10.1. The lowest BCUT2D eigenvalue weighted by Crippen LogP contribution is -2.35. The molecule has 0 radical (unpaired) electrons. The number of anilines is 2. The van der Waals surface area contributed by atoms with Crippen LogP contribution >= 0.6 is 11.8 Å². The molecular formula is C21H19N3O5S. The Morgan fingerprint density at radius 1 is 1.27 bits per heavy atom. The molecule has 0 unspecified atom stereocenters. The second-order valence-corrected chi connectivity index (χ2v) is 7.27. The molecule has 0 bridgehead atoms. The van der Waals surface area contributed by atoms with Crippen LogP contribution in [0.15, 0.2) is 47.4 Å². The smallest absolute Gasteiger partial charge is 0.338 e. The fraction of sp³-hybridized carbons (Fsp3) is 0.238. The van der Waals surface area contributed by atoms with Crippen LogP contribution in [0.25, 0.3) is 0 Å². The van der Waals surface area contributed by atoms with Gasteiger partial charge in [-0.2, -0.15) is 5.26 Å². The predicted octanol–water partition coefficient (Wildman–Crippen LogP) is 2.84. The van der Waals surface area contributed by atoms with E-state index in [1.165, 1.54) is 29.8 Å². The molecule has 1 heterocycles. The molecule has 1 aliphatic rings. The summed E-state index contributed by atoms with van der Waals surface area (Å²) >= 11 is 1.38. The first-order valence-electron chi connectivity index (χ1n) is 9.07. The van der Waals surface area contributed by atoms with Crippen molar-refractivity contribution in [2.45, 2.75) is 11.3 Å². The maximum absolute atomic E-state index is 12.8. The molecule has 2 aromatic carbocycles. The molecule has 3 rings (SSSR count). The van der Waals surface area contributed by atoms with Crippen LogP contribution in [0, 0.1) is 11.3 Å². The molecule has 154 valence electrons. The molecule has 1 aliphatic heterocycles. The Bertz CT molecular complexity index is 1020. The van der Waals surface area contributed by atoms with Gasteiger partial charge in [0.15, 0.2) is 6.61 Å². The fourth-order valence-corrected chi connectivity index (χ4v) is 3.68. The number of carbonyl (C=O) groups excluding carboxylic acids is 3. The molecule has 0 fully saturated rings. The van der Waals surface area contributed by atoms with Crippen LogP contribution in [-0.4, -0.2) is 43.8 Å². The van der Waals surface area contributed by atoms with E-state index in [9.17, 15) is 14.4 Å². The Labute approximate surface area is 177 Å². The summed E-state index contributed by atoms with van der Waals surface area (Å²) in [6.45, 7) is -0.365. The minimum atomic E-state index is -0.684. The monoisotopic (exact) mass is 425 g/mol. The first-order chi connectivity index (χ1) is 14.5. The van der Waals surface area contributed by atoms with Gasteiger partial charge in [0.05, 0.1) is 42.3 Å². The summed E-state index contributed by atoms with van der Waals surface area (Å²) in [5, 5.41) is 11.6. The van der Waals surface area contributed by atoms with Crippen molar-refractivity contribution in [3.05, 3.63) is 48.0 Å². The first kappa shape index (κ1) is 21.2. The zero-order valence-electron chi connectivity index (χ0n) is 16.2. The van der Waals surface area contributed by atoms with E-state index in [1.807, 2.05) is 6.07 Å². The Balaban J connectivity index is 1.70. The molecule has 2 aromatic rings. The van der Waals surface area contributed by atoms with Gasteiger partial charge in [-0.05, 0) is 30.3 Å². The van der Waals surface area contributed by atoms with Crippen molar-refractivity contribution in [3.8, 4) is 11.8 Å². The van der Waals surface area contributed by atoms with Gasteiger partial charge in [-0.25, -0.2) is 4.79 Å². The Morgan fingerprint density at radius 3 is 2.83 bits per heavy atom. The number of esters is 1. The largest absolute Gasteiger partial charge is 0.495 e. The molecular weight excluding hydrogens is 406 g/mol. The zero-order valence-corrected chi connectivity index (χ0v) is 17.0. The quantitative estimate of drug-likeness (QED) is 0.680. The molecule has 9 heteroatoms. The molecule has 0 saturated heterocycles. The Morgan fingerprint density at radius 2 is 2.07 bits per heavy atom. The second kappa shape index (κ2) is 9.80. The van der Waals surface area contributed by atoms with Crippen LogP contribution in [0.4, 0.5) is 11.4 Å². The van der Waals surface area contributed by atoms with Gasteiger partial charge in [0.25, 0.3) is 5.91 Å². The summed E-state index contributed by atoms with van der Waals surface area (Å²) in [6.07, 6.45) is 0.111. The lowest BCUT2D eigenvalue weighted by atomic mass is 10.2. The van der Waals surface area contributed by atoms with Crippen molar-refractivity contribution in [3.63, 3.8) is 0 Å². The van der Waals surface area contributed by atoms with Gasteiger partial charge in [0.1, 0.15) is 5.75 Å². The predicted molar refractivity (Wildman–Crippen MR) is 112 cm³/mol. The van der Waals surface area contributed by atoms with Crippen LogP contribution in [-0.2, 0) is 14.3 Å². The number of hydrogen-bond donors (Lipinski definition) is 1. The van der Waals surface area contributed by atoms with E-state index in [2.05, 4.69) is 5.32 Å². The van der Waals surface area contributed by atoms with Gasteiger partial charge in [-0.3, -0.25) is 9.59 Å². The average Bonchev–Trinajstić information content (AvgIpc) is 2.77. The number of hydrogen-bond acceptors (Lipinski definition) is 7. The molecule has 8 nitrogen and oxygen atoms in total. The molecule has 0 aliphatic carbocycles. The summed E-state index contributed by atoms with van der Waals surface area (Å²) in [5.41, 5.74) is 1.26. The molecule has 0 spiro atoms. The number of thioether (sulfide) groups is 1. The molecule has 2 amide bonds. The SMILES string of the molecule is COc1ccccc1N(CCC#N)C(=O)COC(=O)c1ccc2c(c1)NC(=O)CS2. The normalized spacial score (nSPS) is 12.2.